The van der Waals surface area contributed by atoms with Crippen LogP contribution in [0.5, 0.6) is 0 Å². The van der Waals surface area contributed by atoms with Gasteiger partial charge in [0.15, 0.2) is 0 Å². The van der Waals surface area contributed by atoms with Crippen LogP contribution in [0.15, 0.2) is 53.7 Å². The standard InChI is InChI=1S/C11H15N/c1-5-9-11(12-8-4)10(6-2)7-3/h5-9H,2-3H2,1,4H3/b9-5-,12-8-. The predicted octanol–water partition coefficient (Wildman–Crippen LogP) is 3.28. The molecule has 0 heterocycles. The minimum Gasteiger partial charge on any atom is -0.261 e. The van der Waals surface area contributed by atoms with Gasteiger partial charge in [-0.1, -0.05) is 31.4 Å². The average Bonchev–Trinajstić information content (AvgIpc) is 2.07. The molecule has 0 aliphatic rings. The summed E-state index contributed by atoms with van der Waals surface area (Å²) in [7, 11) is 0. The van der Waals surface area contributed by atoms with Crippen molar-refractivity contribution in [2.45, 2.75) is 13.8 Å². The van der Waals surface area contributed by atoms with Crippen LogP contribution >= 0.6 is 0 Å². The number of rotatable bonds is 4. The molecule has 0 saturated heterocycles. The fraction of sp³-hybridized carbons (Fsp3) is 0.182. The van der Waals surface area contributed by atoms with Crippen LogP contribution in [0.4, 0.5) is 0 Å². The molecule has 64 valence electrons. The molecule has 0 rings (SSSR count). The summed E-state index contributed by atoms with van der Waals surface area (Å²) in [5.41, 5.74) is 1.84. The largest absolute Gasteiger partial charge is 0.261 e. The van der Waals surface area contributed by atoms with Gasteiger partial charge in [-0.25, -0.2) is 0 Å². The smallest absolute Gasteiger partial charge is 0.0694 e. The van der Waals surface area contributed by atoms with Gasteiger partial charge < -0.3 is 0 Å². The van der Waals surface area contributed by atoms with Gasteiger partial charge in [-0.15, -0.1) is 0 Å². The lowest BCUT2D eigenvalue weighted by atomic mass is 10.2. The molecule has 0 atom stereocenters. The molecule has 0 unspecified atom stereocenters. The van der Waals surface area contributed by atoms with Gasteiger partial charge >= 0.3 is 0 Å². The molecule has 0 N–H and O–H groups in total. The van der Waals surface area contributed by atoms with E-state index in [2.05, 4.69) is 18.2 Å². The molecule has 0 bridgehead atoms. The topological polar surface area (TPSA) is 12.4 Å². The minimum atomic E-state index is 0.894. The zero-order valence-corrected chi connectivity index (χ0v) is 7.75. The second kappa shape index (κ2) is 6.35. The molecule has 1 heteroatoms. The lowest BCUT2D eigenvalue weighted by molar-refractivity contribution is 1.36. The van der Waals surface area contributed by atoms with Crippen molar-refractivity contribution in [2.24, 2.45) is 4.99 Å². The Kier molecular flexibility index (Phi) is 5.62. The first-order chi connectivity index (χ1) is 5.79. The Labute approximate surface area is 74.5 Å². The van der Waals surface area contributed by atoms with Crippen molar-refractivity contribution in [3.05, 3.63) is 48.7 Å². The second-order valence-corrected chi connectivity index (χ2v) is 2.14. The molecule has 0 aromatic carbocycles. The van der Waals surface area contributed by atoms with Gasteiger partial charge in [0.1, 0.15) is 0 Å². The van der Waals surface area contributed by atoms with Gasteiger partial charge in [0.05, 0.1) is 5.70 Å². The van der Waals surface area contributed by atoms with E-state index in [0.29, 0.717) is 0 Å². The van der Waals surface area contributed by atoms with Crippen LogP contribution in [0.2, 0.25) is 0 Å². The van der Waals surface area contributed by atoms with E-state index in [-0.39, 0.29) is 0 Å². The maximum absolute atomic E-state index is 4.18. The third-order valence-electron chi connectivity index (χ3n) is 1.33. The van der Waals surface area contributed by atoms with E-state index >= 15 is 0 Å². The average molecular weight is 161 g/mol. The Morgan fingerprint density at radius 1 is 1.17 bits per heavy atom. The third-order valence-corrected chi connectivity index (χ3v) is 1.33. The van der Waals surface area contributed by atoms with E-state index in [4.69, 9.17) is 0 Å². The Morgan fingerprint density at radius 2 is 1.75 bits per heavy atom. The van der Waals surface area contributed by atoms with E-state index in [1.807, 2.05) is 26.0 Å². The highest BCUT2D eigenvalue weighted by molar-refractivity contribution is 5.57. The zero-order chi connectivity index (χ0) is 9.40. The lowest BCUT2D eigenvalue weighted by Crippen LogP contribution is -1.79. The Bertz CT molecular complexity index is 218. The summed E-state index contributed by atoms with van der Waals surface area (Å²) < 4.78 is 0. The van der Waals surface area contributed by atoms with Crippen molar-refractivity contribution in [2.75, 3.05) is 0 Å². The van der Waals surface area contributed by atoms with Crippen LogP contribution in [0.3, 0.4) is 0 Å². The normalized spacial score (nSPS) is 10.5. The van der Waals surface area contributed by atoms with E-state index < -0.39 is 0 Å². The molecule has 0 saturated carbocycles. The van der Waals surface area contributed by atoms with Crippen LogP contribution in [0, 0.1) is 0 Å². The summed E-state index contributed by atoms with van der Waals surface area (Å²) >= 11 is 0. The maximum atomic E-state index is 4.18. The molecule has 0 aliphatic carbocycles. The second-order valence-electron chi connectivity index (χ2n) is 2.14. The van der Waals surface area contributed by atoms with Gasteiger partial charge in [-0.2, -0.15) is 0 Å². The first kappa shape index (κ1) is 10.6. The molecule has 1 nitrogen and oxygen atoms in total. The summed E-state index contributed by atoms with van der Waals surface area (Å²) in [6.07, 6.45) is 9.11. The number of aliphatic imine (C=N–C) groups is 1. The van der Waals surface area contributed by atoms with Crippen molar-refractivity contribution in [1.29, 1.82) is 0 Å². The first-order valence-electron chi connectivity index (χ1n) is 3.90. The van der Waals surface area contributed by atoms with Gasteiger partial charge in [0.25, 0.3) is 0 Å². The molecule has 0 aliphatic heterocycles. The van der Waals surface area contributed by atoms with Gasteiger partial charge in [0, 0.05) is 6.21 Å². The number of hydrogen-bond donors (Lipinski definition) is 0. The van der Waals surface area contributed by atoms with E-state index in [9.17, 15) is 0 Å². The van der Waals surface area contributed by atoms with Crippen LogP contribution in [-0.2, 0) is 0 Å². The highest BCUT2D eigenvalue weighted by atomic mass is 14.7. The van der Waals surface area contributed by atoms with Crippen molar-refractivity contribution < 1.29 is 0 Å². The van der Waals surface area contributed by atoms with Gasteiger partial charge in [-0.3, -0.25) is 4.99 Å². The fourth-order valence-electron chi connectivity index (χ4n) is 0.803. The van der Waals surface area contributed by atoms with Gasteiger partial charge in [-0.05, 0) is 25.5 Å². The Morgan fingerprint density at radius 3 is 2.08 bits per heavy atom. The molecular weight excluding hydrogens is 146 g/mol. The number of nitrogens with zero attached hydrogens (tertiary/aromatic N) is 1. The van der Waals surface area contributed by atoms with E-state index in [1.54, 1.807) is 18.4 Å². The van der Waals surface area contributed by atoms with Crippen molar-refractivity contribution >= 4 is 6.21 Å². The molecule has 12 heavy (non-hydrogen) atoms. The van der Waals surface area contributed by atoms with Crippen molar-refractivity contribution in [1.82, 2.24) is 0 Å². The predicted molar refractivity (Wildman–Crippen MR) is 56.4 cm³/mol. The Hall–Kier alpha value is -1.37. The first-order valence-corrected chi connectivity index (χ1v) is 3.90. The monoisotopic (exact) mass is 161 g/mol. The SMILES string of the molecule is C=CC(C=C)=C(/C=C\C)/N=C\C. The fourth-order valence-corrected chi connectivity index (χ4v) is 0.803. The van der Waals surface area contributed by atoms with Crippen molar-refractivity contribution in [3.8, 4) is 0 Å². The molecule has 0 radical (unpaired) electrons. The molecular formula is C11H15N. The lowest BCUT2D eigenvalue weighted by Gasteiger charge is -1.97. The van der Waals surface area contributed by atoms with E-state index in [0.717, 1.165) is 11.3 Å². The number of allylic oxidation sites excluding steroid dienone is 5. The molecule has 0 aromatic heterocycles. The third kappa shape index (κ3) is 3.15. The summed E-state index contributed by atoms with van der Waals surface area (Å²) in [5.74, 6) is 0. The summed E-state index contributed by atoms with van der Waals surface area (Å²) in [6, 6.07) is 0. The molecule has 0 spiro atoms. The highest BCUT2D eigenvalue weighted by Crippen LogP contribution is 2.09. The quantitative estimate of drug-likeness (QED) is 0.443. The summed E-state index contributed by atoms with van der Waals surface area (Å²) in [6.45, 7) is 11.2. The van der Waals surface area contributed by atoms with Gasteiger partial charge in [0.2, 0.25) is 0 Å². The highest BCUT2D eigenvalue weighted by Gasteiger charge is 1.92. The Balaban J connectivity index is 5.00. The van der Waals surface area contributed by atoms with Crippen molar-refractivity contribution in [3.63, 3.8) is 0 Å². The van der Waals surface area contributed by atoms with Crippen LogP contribution < -0.4 is 0 Å². The molecule has 0 amide bonds. The number of hydrogen-bond acceptors (Lipinski definition) is 1. The van der Waals surface area contributed by atoms with Crippen LogP contribution in [0.25, 0.3) is 0 Å². The minimum absolute atomic E-state index is 0.894. The molecule has 0 aromatic rings. The van der Waals surface area contributed by atoms with Crippen LogP contribution in [-0.4, -0.2) is 6.21 Å². The summed E-state index contributed by atoms with van der Waals surface area (Å²) in [5, 5.41) is 0. The van der Waals surface area contributed by atoms with E-state index in [1.165, 1.54) is 0 Å². The molecule has 0 fully saturated rings. The maximum Gasteiger partial charge on any atom is 0.0694 e. The summed E-state index contributed by atoms with van der Waals surface area (Å²) in [4.78, 5) is 4.18. The zero-order valence-electron chi connectivity index (χ0n) is 7.75. The van der Waals surface area contributed by atoms with Crippen LogP contribution in [0.1, 0.15) is 13.8 Å².